The normalized spacial score (nSPS) is 15.7. The SMILES string of the molecule is CC(C)(C)OC(=O)N1CC(C)(C)c2cc(CCc3cnccn3)ccc21. The van der Waals surface area contributed by atoms with E-state index in [0.29, 0.717) is 6.54 Å². The van der Waals surface area contributed by atoms with Crippen LogP contribution in [0, 0.1) is 0 Å². The lowest BCUT2D eigenvalue weighted by atomic mass is 9.85. The summed E-state index contributed by atoms with van der Waals surface area (Å²) in [6, 6.07) is 6.35. The number of hydrogen-bond donors (Lipinski definition) is 0. The number of fused-ring (bicyclic) bond motifs is 1. The van der Waals surface area contributed by atoms with Gasteiger partial charge in [0.2, 0.25) is 0 Å². The molecule has 1 aliphatic heterocycles. The maximum Gasteiger partial charge on any atom is 0.414 e. The van der Waals surface area contributed by atoms with E-state index in [2.05, 4.69) is 35.9 Å². The summed E-state index contributed by atoms with van der Waals surface area (Å²) in [6.07, 6.45) is 6.68. The number of benzene rings is 1. The van der Waals surface area contributed by atoms with Crippen molar-refractivity contribution in [3.8, 4) is 0 Å². The van der Waals surface area contributed by atoms with Crippen LogP contribution in [0.5, 0.6) is 0 Å². The molecule has 0 unspecified atom stereocenters. The molecule has 0 N–H and O–H groups in total. The summed E-state index contributed by atoms with van der Waals surface area (Å²) in [6.45, 7) is 10.6. The summed E-state index contributed by atoms with van der Waals surface area (Å²) in [5.74, 6) is 0. The number of aromatic nitrogens is 2. The Morgan fingerprint density at radius 1 is 1.23 bits per heavy atom. The van der Waals surface area contributed by atoms with Gasteiger partial charge < -0.3 is 4.74 Å². The van der Waals surface area contributed by atoms with E-state index >= 15 is 0 Å². The highest BCUT2D eigenvalue weighted by atomic mass is 16.6. The Balaban J connectivity index is 1.80. The fourth-order valence-electron chi connectivity index (χ4n) is 3.29. The zero-order valence-corrected chi connectivity index (χ0v) is 16.2. The van der Waals surface area contributed by atoms with Crippen LogP contribution in [0.2, 0.25) is 0 Å². The number of carbonyl (C=O) groups is 1. The van der Waals surface area contributed by atoms with Gasteiger partial charge in [0.25, 0.3) is 0 Å². The molecule has 0 radical (unpaired) electrons. The van der Waals surface area contributed by atoms with Crippen LogP contribution in [0.3, 0.4) is 0 Å². The van der Waals surface area contributed by atoms with E-state index in [-0.39, 0.29) is 11.5 Å². The second kappa shape index (κ2) is 6.71. The van der Waals surface area contributed by atoms with Crippen molar-refractivity contribution in [1.82, 2.24) is 9.97 Å². The van der Waals surface area contributed by atoms with Crippen LogP contribution >= 0.6 is 0 Å². The molecule has 1 amide bonds. The average Bonchev–Trinajstić information content (AvgIpc) is 2.84. The van der Waals surface area contributed by atoms with E-state index in [0.717, 1.165) is 24.2 Å². The Kier molecular flexibility index (Phi) is 4.74. The molecule has 0 atom stereocenters. The van der Waals surface area contributed by atoms with Crippen LogP contribution in [-0.2, 0) is 23.0 Å². The molecule has 138 valence electrons. The fourth-order valence-corrected chi connectivity index (χ4v) is 3.29. The van der Waals surface area contributed by atoms with Crippen molar-refractivity contribution in [3.63, 3.8) is 0 Å². The average molecular weight is 353 g/mol. The molecule has 1 aromatic carbocycles. The van der Waals surface area contributed by atoms with E-state index in [4.69, 9.17) is 4.74 Å². The zero-order chi connectivity index (χ0) is 18.9. The van der Waals surface area contributed by atoms with Gasteiger partial charge in [0.15, 0.2) is 0 Å². The van der Waals surface area contributed by atoms with Crippen molar-refractivity contribution in [2.75, 3.05) is 11.4 Å². The van der Waals surface area contributed by atoms with Crippen molar-refractivity contribution in [3.05, 3.63) is 53.6 Å². The minimum Gasteiger partial charge on any atom is -0.443 e. The number of carbonyl (C=O) groups excluding carboxylic acids is 1. The monoisotopic (exact) mass is 353 g/mol. The highest BCUT2D eigenvalue weighted by Gasteiger charge is 2.39. The van der Waals surface area contributed by atoms with Crippen molar-refractivity contribution in [1.29, 1.82) is 0 Å². The van der Waals surface area contributed by atoms with E-state index < -0.39 is 5.60 Å². The maximum atomic E-state index is 12.6. The molecule has 5 nitrogen and oxygen atoms in total. The summed E-state index contributed by atoms with van der Waals surface area (Å²) < 4.78 is 5.58. The molecule has 0 saturated heterocycles. The highest BCUT2D eigenvalue weighted by Crippen LogP contribution is 2.41. The first kappa shape index (κ1) is 18.4. The van der Waals surface area contributed by atoms with Crippen LogP contribution < -0.4 is 4.90 Å². The number of hydrogen-bond acceptors (Lipinski definition) is 4. The summed E-state index contributed by atoms with van der Waals surface area (Å²) in [5.41, 5.74) is 3.78. The Morgan fingerprint density at radius 2 is 2.00 bits per heavy atom. The molecular formula is C21H27N3O2. The van der Waals surface area contributed by atoms with Gasteiger partial charge in [0, 0.05) is 30.6 Å². The van der Waals surface area contributed by atoms with Crippen molar-refractivity contribution < 1.29 is 9.53 Å². The number of rotatable bonds is 3. The van der Waals surface area contributed by atoms with E-state index in [1.807, 2.05) is 33.0 Å². The van der Waals surface area contributed by atoms with Gasteiger partial charge >= 0.3 is 6.09 Å². The number of nitrogens with zero attached hydrogens (tertiary/aromatic N) is 3. The fraction of sp³-hybridized carbons (Fsp3) is 0.476. The molecule has 0 bridgehead atoms. The standard InChI is InChI=1S/C21H27N3O2/c1-20(2,3)26-19(25)24-14-21(4,5)17-12-15(7-9-18(17)24)6-8-16-13-22-10-11-23-16/h7,9-13H,6,8,14H2,1-5H3. The van der Waals surface area contributed by atoms with Gasteiger partial charge in [-0.25, -0.2) is 4.79 Å². The van der Waals surface area contributed by atoms with Gasteiger partial charge in [-0.3, -0.25) is 14.9 Å². The Hall–Kier alpha value is -2.43. The molecule has 2 aromatic rings. The van der Waals surface area contributed by atoms with Crippen molar-refractivity contribution in [2.45, 2.75) is 58.5 Å². The molecule has 2 heterocycles. The lowest BCUT2D eigenvalue weighted by Crippen LogP contribution is -2.38. The first-order valence-electron chi connectivity index (χ1n) is 9.04. The molecule has 1 aromatic heterocycles. The second-order valence-corrected chi connectivity index (χ2v) is 8.50. The minimum absolute atomic E-state index is 0.102. The Labute approximate surface area is 155 Å². The third kappa shape index (κ3) is 4.03. The Bertz CT molecular complexity index is 795. The molecule has 26 heavy (non-hydrogen) atoms. The van der Waals surface area contributed by atoms with Gasteiger partial charge in [-0.05, 0) is 50.8 Å². The minimum atomic E-state index is -0.499. The summed E-state index contributed by atoms with van der Waals surface area (Å²) >= 11 is 0. The lowest BCUT2D eigenvalue weighted by Gasteiger charge is -2.25. The largest absolute Gasteiger partial charge is 0.443 e. The van der Waals surface area contributed by atoms with Gasteiger partial charge in [-0.2, -0.15) is 0 Å². The van der Waals surface area contributed by atoms with Crippen LogP contribution in [-0.4, -0.2) is 28.2 Å². The van der Waals surface area contributed by atoms with Crippen molar-refractivity contribution >= 4 is 11.8 Å². The number of anilines is 1. The first-order chi connectivity index (χ1) is 12.2. The molecule has 0 spiro atoms. The summed E-state index contributed by atoms with van der Waals surface area (Å²) in [7, 11) is 0. The summed E-state index contributed by atoms with van der Waals surface area (Å²) in [4.78, 5) is 22.8. The van der Waals surface area contributed by atoms with Gasteiger partial charge in [0.05, 0.1) is 11.4 Å². The van der Waals surface area contributed by atoms with Crippen LogP contribution in [0.25, 0.3) is 0 Å². The van der Waals surface area contributed by atoms with Gasteiger partial charge in [-0.1, -0.05) is 26.0 Å². The zero-order valence-electron chi connectivity index (χ0n) is 16.2. The van der Waals surface area contributed by atoms with Crippen molar-refractivity contribution in [2.24, 2.45) is 0 Å². The molecule has 5 heteroatoms. The Morgan fingerprint density at radius 3 is 2.65 bits per heavy atom. The third-order valence-corrected chi connectivity index (χ3v) is 4.53. The molecular weight excluding hydrogens is 326 g/mol. The smallest absolute Gasteiger partial charge is 0.414 e. The van der Waals surface area contributed by atoms with E-state index in [1.54, 1.807) is 17.3 Å². The van der Waals surface area contributed by atoms with E-state index in [9.17, 15) is 4.79 Å². The topological polar surface area (TPSA) is 55.3 Å². The number of aryl methyl sites for hydroxylation is 2. The molecule has 3 rings (SSSR count). The van der Waals surface area contributed by atoms with E-state index in [1.165, 1.54) is 11.1 Å². The molecule has 0 aliphatic carbocycles. The third-order valence-electron chi connectivity index (χ3n) is 4.53. The lowest BCUT2D eigenvalue weighted by molar-refractivity contribution is 0.0579. The van der Waals surface area contributed by atoms with Crippen LogP contribution in [0.15, 0.2) is 36.8 Å². The first-order valence-corrected chi connectivity index (χ1v) is 9.04. The number of amides is 1. The molecule has 0 saturated carbocycles. The van der Waals surface area contributed by atoms with Gasteiger partial charge in [0.1, 0.15) is 5.60 Å². The second-order valence-electron chi connectivity index (χ2n) is 8.50. The van der Waals surface area contributed by atoms with Gasteiger partial charge in [-0.15, -0.1) is 0 Å². The van der Waals surface area contributed by atoms with Crippen LogP contribution in [0.1, 0.15) is 51.4 Å². The predicted molar refractivity (Wildman–Crippen MR) is 102 cm³/mol. The predicted octanol–water partition coefficient (Wildman–Crippen LogP) is 4.29. The quantitative estimate of drug-likeness (QED) is 0.826. The van der Waals surface area contributed by atoms with Crippen LogP contribution in [0.4, 0.5) is 10.5 Å². The molecule has 0 fully saturated rings. The number of ether oxygens (including phenoxy) is 1. The summed E-state index contributed by atoms with van der Waals surface area (Å²) in [5, 5.41) is 0. The molecule has 1 aliphatic rings. The maximum absolute atomic E-state index is 12.6. The highest BCUT2D eigenvalue weighted by molar-refractivity contribution is 5.91.